The van der Waals surface area contributed by atoms with E-state index in [1.165, 1.54) is 6.42 Å². The van der Waals surface area contributed by atoms with Crippen molar-refractivity contribution >= 4 is 0 Å². The van der Waals surface area contributed by atoms with Crippen molar-refractivity contribution in [2.75, 3.05) is 13.1 Å². The molecule has 1 fully saturated rings. The molecule has 0 aromatic heterocycles. The first-order chi connectivity index (χ1) is 9.44. The Bertz CT molecular complexity index is 319. The largest absolute Gasteiger partial charge is 0.299 e. The Kier molecular flexibility index (Phi) is 6.99. The molecule has 0 aliphatic heterocycles. The Balaban J connectivity index is 2.77. The summed E-state index contributed by atoms with van der Waals surface area (Å²) in [7, 11) is 0. The third-order valence-electron chi connectivity index (χ3n) is 4.36. The van der Waals surface area contributed by atoms with Gasteiger partial charge in [0.1, 0.15) is 5.54 Å². The van der Waals surface area contributed by atoms with Crippen LogP contribution in [-0.4, -0.2) is 35.6 Å². The molecule has 1 aliphatic rings. The van der Waals surface area contributed by atoms with Gasteiger partial charge in [-0.25, -0.2) is 0 Å². The summed E-state index contributed by atoms with van der Waals surface area (Å²) in [5, 5.41) is 13.2. The van der Waals surface area contributed by atoms with E-state index in [4.69, 9.17) is 0 Å². The van der Waals surface area contributed by atoms with Crippen molar-refractivity contribution in [3.63, 3.8) is 0 Å². The molecule has 0 spiro atoms. The van der Waals surface area contributed by atoms with Crippen molar-refractivity contribution in [3.8, 4) is 6.07 Å². The minimum Gasteiger partial charge on any atom is -0.299 e. The van der Waals surface area contributed by atoms with E-state index in [1.54, 1.807) is 0 Å². The monoisotopic (exact) mass is 279 g/mol. The van der Waals surface area contributed by atoms with E-state index >= 15 is 0 Å². The maximum atomic E-state index is 9.66. The first-order valence-electron chi connectivity index (χ1n) is 8.36. The van der Waals surface area contributed by atoms with Crippen LogP contribution in [0, 0.1) is 17.2 Å². The Morgan fingerprint density at radius 2 is 2.05 bits per heavy atom. The van der Waals surface area contributed by atoms with Crippen molar-refractivity contribution < 1.29 is 0 Å². The fourth-order valence-electron chi connectivity index (χ4n) is 3.40. The molecule has 0 heterocycles. The van der Waals surface area contributed by atoms with Crippen LogP contribution in [0.1, 0.15) is 66.7 Å². The zero-order valence-electron chi connectivity index (χ0n) is 14.1. The summed E-state index contributed by atoms with van der Waals surface area (Å²) in [4.78, 5) is 2.61. The Hall–Kier alpha value is -0.590. The van der Waals surface area contributed by atoms with Gasteiger partial charge in [0.15, 0.2) is 0 Å². The minimum absolute atomic E-state index is 0.289. The smallest absolute Gasteiger partial charge is 0.108 e. The molecular formula is C17H33N3. The van der Waals surface area contributed by atoms with Gasteiger partial charge in [-0.1, -0.05) is 20.8 Å². The summed E-state index contributed by atoms with van der Waals surface area (Å²) in [5.74, 6) is 0.680. The van der Waals surface area contributed by atoms with Crippen molar-refractivity contribution in [1.29, 1.82) is 5.26 Å². The second-order valence-electron chi connectivity index (χ2n) is 7.06. The molecule has 2 atom stereocenters. The van der Waals surface area contributed by atoms with Crippen LogP contribution in [0.5, 0.6) is 0 Å². The van der Waals surface area contributed by atoms with E-state index in [9.17, 15) is 5.26 Å². The number of rotatable bonds is 7. The summed E-state index contributed by atoms with van der Waals surface area (Å²) in [6, 6.07) is 3.70. The summed E-state index contributed by atoms with van der Waals surface area (Å²) >= 11 is 0. The number of nitrogens with one attached hydrogen (secondary N) is 1. The minimum atomic E-state index is -0.289. The number of nitrogens with zero attached hydrogens (tertiary/aromatic N) is 2. The molecule has 20 heavy (non-hydrogen) atoms. The Morgan fingerprint density at radius 3 is 2.55 bits per heavy atom. The fraction of sp³-hybridized carbons (Fsp3) is 0.941. The molecule has 3 nitrogen and oxygen atoms in total. The first-order valence-corrected chi connectivity index (χ1v) is 8.36. The van der Waals surface area contributed by atoms with Gasteiger partial charge in [-0.15, -0.1) is 0 Å². The summed E-state index contributed by atoms with van der Waals surface area (Å²) in [6.07, 6.45) is 5.48. The second kappa shape index (κ2) is 8.00. The molecule has 1 N–H and O–H groups in total. The van der Waals surface area contributed by atoms with Crippen LogP contribution in [0.4, 0.5) is 0 Å². The van der Waals surface area contributed by atoms with Gasteiger partial charge in [-0.3, -0.25) is 10.2 Å². The van der Waals surface area contributed by atoms with E-state index < -0.39 is 0 Å². The maximum absolute atomic E-state index is 9.66. The molecule has 1 saturated carbocycles. The third-order valence-corrected chi connectivity index (χ3v) is 4.36. The van der Waals surface area contributed by atoms with Crippen LogP contribution in [-0.2, 0) is 0 Å². The first kappa shape index (κ1) is 17.5. The fourth-order valence-corrected chi connectivity index (χ4v) is 3.40. The molecule has 0 amide bonds. The number of nitriles is 1. The predicted octanol–water partition coefficient (Wildman–Crippen LogP) is 3.56. The molecule has 116 valence electrons. The predicted molar refractivity (Wildman–Crippen MR) is 85.6 cm³/mol. The van der Waals surface area contributed by atoms with Gasteiger partial charge in [0.25, 0.3) is 0 Å². The van der Waals surface area contributed by atoms with Gasteiger partial charge in [0.2, 0.25) is 0 Å². The van der Waals surface area contributed by atoms with Gasteiger partial charge in [0, 0.05) is 18.6 Å². The average molecular weight is 279 g/mol. The van der Waals surface area contributed by atoms with Crippen molar-refractivity contribution in [2.24, 2.45) is 5.92 Å². The van der Waals surface area contributed by atoms with Crippen LogP contribution in [0.3, 0.4) is 0 Å². The highest BCUT2D eigenvalue weighted by Crippen LogP contribution is 2.32. The lowest BCUT2D eigenvalue weighted by atomic mass is 9.78. The number of hydrogen-bond acceptors (Lipinski definition) is 3. The highest BCUT2D eigenvalue weighted by Gasteiger charge is 2.38. The van der Waals surface area contributed by atoms with E-state index in [0.717, 1.165) is 38.8 Å². The van der Waals surface area contributed by atoms with E-state index in [0.29, 0.717) is 18.0 Å². The van der Waals surface area contributed by atoms with Crippen molar-refractivity contribution in [1.82, 2.24) is 10.2 Å². The second-order valence-corrected chi connectivity index (χ2v) is 7.06. The molecule has 0 radical (unpaired) electrons. The number of hydrogen-bond donors (Lipinski definition) is 1. The molecule has 0 bridgehead atoms. The molecule has 0 saturated heterocycles. The maximum Gasteiger partial charge on any atom is 0.108 e. The van der Waals surface area contributed by atoms with Gasteiger partial charge >= 0.3 is 0 Å². The lowest BCUT2D eigenvalue weighted by Gasteiger charge is -2.44. The topological polar surface area (TPSA) is 39.1 Å². The highest BCUT2D eigenvalue weighted by atomic mass is 15.2. The van der Waals surface area contributed by atoms with Crippen LogP contribution in [0.25, 0.3) is 0 Å². The Labute approximate surface area is 125 Å². The molecule has 0 aromatic carbocycles. The zero-order valence-corrected chi connectivity index (χ0v) is 14.1. The summed E-state index contributed by atoms with van der Waals surface area (Å²) < 4.78 is 0. The molecule has 1 aliphatic carbocycles. The van der Waals surface area contributed by atoms with Crippen LogP contribution in [0.2, 0.25) is 0 Å². The van der Waals surface area contributed by atoms with Gasteiger partial charge in [-0.2, -0.15) is 5.26 Å². The van der Waals surface area contributed by atoms with Crippen LogP contribution < -0.4 is 5.32 Å². The zero-order chi connectivity index (χ0) is 15.2. The van der Waals surface area contributed by atoms with Crippen molar-refractivity contribution in [3.05, 3.63) is 0 Å². The Morgan fingerprint density at radius 1 is 1.35 bits per heavy atom. The van der Waals surface area contributed by atoms with E-state index in [-0.39, 0.29) is 5.54 Å². The van der Waals surface area contributed by atoms with Gasteiger partial charge in [-0.05, 0) is 58.4 Å². The SMILES string of the molecule is CCCNC1(C#N)CCCC(N(CC(C)C)C(C)C)C1. The highest BCUT2D eigenvalue weighted by molar-refractivity contribution is 5.11. The van der Waals surface area contributed by atoms with Crippen LogP contribution in [0.15, 0.2) is 0 Å². The van der Waals surface area contributed by atoms with Crippen molar-refractivity contribution in [2.45, 2.75) is 84.3 Å². The third kappa shape index (κ3) is 4.75. The summed E-state index contributed by atoms with van der Waals surface area (Å²) in [6.45, 7) is 13.4. The van der Waals surface area contributed by atoms with E-state index in [2.05, 4.69) is 50.9 Å². The van der Waals surface area contributed by atoms with Crippen LogP contribution >= 0.6 is 0 Å². The summed E-state index contributed by atoms with van der Waals surface area (Å²) in [5.41, 5.74) is -0.289. The van der Waals surface area contributed by atoms with Gasteiger partial charge in [0.05, 0.1) is 6.07 Å². The standard InChI is InChI=1S/C17H33N3/c1-6-10-19-17(13-18)9-7-8-16(11-17)20(15(4)5)12-14(2)3/h14-16,19H,6-12H2,1-5H3. The molecule has 0 aromatic rings. The molecular weight excluding hydrogens is 246 g/mol. The lowest BCUT2D eigenvalue weighted by molar-refractivity contribution is 0.0808. The molecule has 3 heteroatoms. The molecule has 1 rings (SSSR count). The molecule has 2 unspecified atom stereocenters. The average Bonchev–Trinajstić information content (AvgIpc) is 2.42. The van der Waals surface area contributed by atoms with Gasteiger partial charge < -0.3 is 0 Å². The van der Waals surface area contributed by atoms with E-state index in [1.807, 2.05) is 0 Å². The normalized spacial score (nSPS) is 27.2. The lowest BCUT2D eigenvalue weighted by Crippen LogP contribution is -2.54. The quantitative estimate of drug-likeness (QED) is 0.774.